The maximum atomic E-state index is 13.6. The van der Waals surface area contributed by atoms with Crippen LogP contribution in [0.15, 0.2) is 11.6 Å². The number of ketones is 1. The summed E-state index contributed by atoms with van der Waals surface area (Å²) in [7, 11) is 1.85. The van der Waals surface area contributed by atoms with Gasteiger partial charge in [-0.2, -0.15) is 0 Å². The normalized spacial score (nSPS) is 43.5. The number of rotatable bonds is 11. The molecular formula is C34H59N5O7. The van der Waals surface area contributed by atoms with Gasteiger partial charge in [-0.3, -0.25) is 4.79 Å². The fourth-order valence-corrected chi connectivity index (χ4v) is 8.85. The zero-order valence-electron chi connectivity index (χ0n) is 28.0. The van der Waals surface area contributed by atoms with E-state index < -0.39 is 48.0 Å². The zero-order valence-corrected chi connectivity index (χ0v) is 28.0. The summed E-state index contributed by atoms with van der Waals surface area (Å²) in [6, 6.07) is 0. The SMILES string of the molecule is CC=C(CCNC)C(=O)O[C@H]1CC2C(O)C3C(=O)CC(CO)OC3C(CC3CCNC(N)C3)C2O[C@@]1(C)CCC1CCC(N)NC1. The number of aliphatic hydroxyl groups excluding tert-OH is 2. The van der Waals surface area contributed by atoms with Crippen LogP contribution in [0, 0.1) is 29.6 Å². The molecule has 0 bridgehead atoms. The molecule has 5 rings (SSSR count). The Morgan fingerprint density at radius 1 is 1.15 bits per heavy atom. The number of carbonyl (C=O) groups is 2. The number of allylic oxidation sites excluding steroid dienone is 1. The molecule has 12 heteroatoms. The molecule has 0 aromatic heterocycles. The van der Waals surface area contributed by atoms with Gasteiger partial charge in [-0.05, 0) is 110 Å². The molecule has 1 aliphatic carbocycles. The summed E-state index contributed by atoms with van der Waals surface area (Å²) >= 11 is 0. The third-order valence-corrected chi connectivity index (χ3v) is 11.6. The smallest absolute Gasteiger partial charge is 0.334 e. The number of hydrogen-bond donors (Lipinski definition) is 7. The third-order valence-electron chi connectivity index (χ3n) is 11.6. The Hall–Kier alpha value is -1.48. The first-order valence-electron chi connectivity index (χ1n) is 17.7. The van der Waals surface area contributed by atoms with E-state index in [2.05, 4.69) is 16.0 Å². The molecule has 11 unspecified atom stereocenters. The fraction of sp³-hybridized carbons (Fsp3) is 0.882. The van der Waals surface area contributed by atoms with E-state index in [9.17, 15) is 19.8 Å². The maximum absolute atomic E-state index is 13.6. The van der Waals surface area contributed by atoms with Gasteiger partial charge >= 0.3 is 5.97 Å². The molecule has 0 radical (unpaired) electrons. The lowest BCUT2D eigenvalue weighted by atomic mass is 9.60. The number of esters is 1. The van der Waals surface area contributed by atoms with Gasteiger partial charge in [-0.1, -0.05) is 6.08 Å². The van der Waals surface area contributed by atoms with Crippen LogP contribution in [0.5, 0.6) is 0 Å². The predicted molar refractivity (Wildman–Crippen MR) is 173 cm³/mol. The number of nitrogens with one attached hydrogen (secondary N) is 3. The van der Waals surface area contributed by atoms with E-state index >= 15 is 0 Å². The molecule has 4 aliphatic heterocycles. The molecule has 5 aliphatic rings. The van der Waals surface area contributed by atoms with Crippen LogP contribution >= 0.6 is 0 Å². The van der Waals surface area contributed by atoms with Gasteiger partial charge in [-0.15, -0.1) is 0 Å². The summed E-state index contributed by atoms with van der Waals surface area (Å²) in [4.78, 5) is 27.1. The quantitative estimate of drug-likeness (QED) is 0.123. The minimum Gasteiger partial charge on any atom is -0.456 e. The second-order valence-corrected chi connectivity index (χ2v) is 14.8. The van der Waals surface area contributed by atoms with Crippen molar-refractivity contribution in [2.75, 3.05) is 33.3 Å². The van der Waals surface area contributed by atoms with Crippen molar-refractivity contribution in [3.8, 4) is 0 Å². The van der Waals surface area contributed by atoms with Crippen LogP contribution in [0.2, 0.25) is 0 Å². The van der Waals surface area contributed by atoms with E-state index in [1.54, 1.807) is 6.08 Å². The number of piperidine rings is 2. The zero-order chi connectivity index (χ0) is 33.0. The van der Waals surface area contributed by atoms with Gasteiger partial charge in [-0.25, -0.2) is 4.79 Å². The molecule has 4 saturated heterocycles. The van der Waals surface area contributed by atoms with Crippen LogP contribution in [0.3, 0.4) is 0 Å². The van der Waals surface area contributed by atoms with Gasteiger partial charge < -0.3 is 51.8 Å². The highest BCUT2D eigenvalue weighted by atomic mass is 16.6. The Morgan fingerprint density at radius 3 is 2.63 bits per heavy atom. The van der Waals surface area contributed by atoms with E-state index in [0.717, 1.165) is 51.6 Å². The van der Waals surface area contributed by atoms with E-state index in [1.165, 1.54) is 0 Å². The number of nitrogens with two attached hydrogens (primary N) is 2. The van der Waals surface area contributed by atoms with Gasteiger partial charge in [0.05, 0.1) is 49.3 Å². The summed E-state index contributed by atoms with van der Waals surface area (Å²) in [6.45, 7) is 5.94. The standard InChI is InChI=1S/C34H59N5O7/c1-4-21(9-11-37-3)33(43)45-26-16-23-30(42)29-25(41)15-22(18-40)44-32(29)24(13-20-8-12-38-28(36)14-20)31(23)46-34(26,2)10-7-19-5-6-27(35)39-17-19/h4,19-20,22-24,26-32,37-40,42H,5-18,35-36H2,1-3H3/t19?,20?,22?,23?,24?,26-,27?,28?,29?,30?,31?,32?,34-/m0/s1. The van der Waals surface area contributed by atoms with Crippen molar-refractivity contribution in [3.05, 3.63) is 11.6 Å². The van der Waals surface area contributed by atoms with Crippen LogP contribution in [0.4, 0.5) is 0 Å². The second kappa shape index (κ2) is 15.8. The van der Waals surface area contributed by atoms with Crippen molar-refractivity contribution in [2.24, 2.45) is 41.1 Å². The number of hydrogen-bond acceptors (Lipinski definition) is 12. The third kappa shape index (κ3) is 8.03. The summed E-state index contributed by atoms with van der Waals surface area (Å²) in [5, 5.41) is 31.7. The van der Waals surface area contributed by atoms with Gasteiger partial charge in [0, 0.05) is 23.8 Å². The van der Waals surface area contributed by atoms with Crippen LogP contribution in [-0.4, -0.2) is 104 Å². The van der Waals surface area contributed by atoms with Crippen LogP contribution in [0.25, 0.3) is 0 Å². The Morgan fingerprint density at radius 2 is 1.96 bits per heavy atom. The molecule has 0 aromatic rings. The highest BCUT2D eigenvalue weighted by Crippen LogP contribution is 2.52. The van der Waals surface area contributed by atoms with Crippen molar-refractivity contribution >= 4 is 11.8 Å². The van der Waals surface area contributed by atoms with E-state index in [1.807, 2.05) is 20.9 Å². The van der Waals surface area contributed by atoms with Crippen molar-refractivity contribution in [1.82, 2.24) is 16.0 Å². The highest BCUT2D eigenvalue weighted by molar-refractivity contribution is 5.88. The molecule has 1 saturated carbocycles. The Labute approximate surface area is 274 Å². The number of ether oxygens (including phenoxy) is 3. The fourth-order valence-electron chi connectivity index (χ4n) is 8.85. The molecule has 0 amide bonds. The average Bonchev–Trinajstić information content (AvgIpc) is 3.03. The summed E-state index contributed by atoms with van der Waals surface area (Å²) in [5.74, 6) is -1.03. The molecular weight excluding hydrogens is 590 g/mol. The largest absolute Gasteiger partial charge is 0.456 e. The molecule has 4 heterocycles. The van der Waals surface area contributed by atoms with E-state index in [0.29, 0.717) is 43.2 Å². The van der Waals surface area contributed by atoms with Crippen molar-refractivity contribution in [1.29, 1.82) is 0 Å². The van der Waals surface area contributed by atoms with Crippen molar-refractivity contribution in [3.63, 3.8) is 0 Å². The summed E-state index contributed by atoms with van der Waals surface area (Å²) < 4.78 is 20.0. The molecule has 262 valence electrons. The lowest BCUT2D eigenvalue weighted by molar-refractivity contribution is -0.286. The molecule has 0 spiro atoms. The first-order valence-corrected chi connectivity index (χ1v) is 17.7. The number of carbonyl (C=O) groups excluding carboxylic acids is 2. The topological polar surface area (TPSA) is 190 Å². The molecule has 9 N–H and O–H groups in total. The van der Waals surface area contributed by atoms with Crippen LogP contribution in [-0.2, 0) is 23.8 Å². The Bertz CT molecular complexity index is 1070. The van der Waals surface area contributed by atoms with Gasteiger partial charge in [0.15, 0.2) is 0 Å². The van der Waals surface area contributed by atoms with Gasteiger partial charge in [0.1, 0.15) is 17.5 Å². The molecule has 13 atom stereocenters. The summed E-state index contributed by atoms with van der Waals surface area (Å²) in [5.41, 5.74) is 12.2. The minimum absolute atomic E-state index is 0.0191. The van der Waals surface area contributed by atoms with Crippen molar-refractivity contribution in [2.45, 2.75) is 127 Å². The van der Waals surface area contributed by atoms with Gasteiger partial charge in [0.25, 0.3) is 0 Å². The minimum atomic E-state index is -1.01. The number of aliphatic hydroxyl groups is 2. The highest BCUT2D eigenvalue weighted by Gasteiger charge is 2.61. The summed E-state index contributed by atoms with van der Waals surface area (Å²) in [6.07, 6.45) is 5.54. The van der Waals surface area contributed by atoms with Gasteiger partial charge in [0.2, 0.25) is 0 Å². The lowest BCUT2D eigenvalue weighted by Gasteiger charge is -2.58. The lowest BCUT2D eigenvalue weighted by Crippen LogP contribution is -2.68. The maximum Gasteiger partial charge on any atom is 0.334 e. The van der Waals surface area contributed by atoms with Crippen LogP contribution in [0.1, 0.15) is 78.1 Å². The monoisotopic (exact) mass is 649 g/mol. The molecule has 46 heavy (non-hydrogen) atoms. The molecule has 5 fully saturated rings. The van der Waals surface area contributed by atoms with E-state index in [-0.39, 0.29) is 43.0 Å². The van der Waals surface area contributed by atoms with Crippen LogP contribution < -0.4 is 27.4 Å². The second-order valence-electron chi connectivity index (χ2n) is 14.8. The van der Waals surface area contributed by atoms with Crippen molar-refractivity contribution < 1.29 is 34.0 Å². The predicted octanol–water partition coefficient (Wildman–Crippen LogP) is 0.683. The first-order chi connectivity index (χ1) is 22.1. The number of fused-ring (bicyclic) bond motifs is 2. The van der Waals surface area contributed by atoms with E-state index in [4.69, 9.17) is 25.7 Å². The molecule has 12 nitrogen and oxygen atoms in total. The Balaban J connectivity index is 1.45. The average molecular weight is 650 g/mol. The number of Topliss-reactive ketones (excluding diaryl/α,β-unsaturated/α-hetero) is 1. The Kier molecular flexibility index (Phi) is 12.3. The first kappa shape index (κ1) is 35.8. The molecule has 0 aromatic carbocycles.